The molecule has 0 saturated carbocycles. The first kappa shape index (κ1) is 13.6. The van der Waals surface area contributed by atoms with Crippen molar-refractivity contribution < 1.29 is 19.8 Å². The summed E-state index contributed by atoms with van der Waals surface area (Å²) in [4.78, 5) is 24.4. The maximum absolute atomic E-state index is 12.2. The fourth-order valence-corrected chi connectivity index (χ4v) is 2.21. The number of rotatable bonds is 0. The minimum absolute atomic E-state index is 0. The van der Waals surface area contributed by atoms with Gasteiger partial charge in [-0.2, -0.15) is 0 Å². The number of benzene rings is 2. The van der Waals surface area contributed by atoms with Gasteiger partial charge in [0, 0.05) is 34.2 Å². The molecular weight excluding hydrogens is 256 g/mol. The second-order valence-corrected chi connectivity index (χ2v) is 4.06. The molecule has 0 heterocycles. The normalized spacial score (nSPS) is 12.4. The molecule has 2 aromatic rings. The number of phenols is 2. The lowest BCUT2D eigenvalue weighted by Crippen LogP contribution is -2.20. The van der Waals surface area contributed by atoms with Crippen LogP contribution in [0, 0.1) is 0 Å². The molecule has 0 fully saturated rings. The highest BCUT2D eigenvalue weighted by molar-refractivity contribution is 6.30. The molecule has 2 N–H and O–H groups in total. The molecule has 0 aliphatic heterocycles. The van der Waals surface area contributed by atoms with Crippen molar-refractivity contribution in [1.29, 1.82) is 0 Å². The molecule has 3 rings (SSSR count). The van der Waals surface area contributed by atoms with E-state index < -0.39 is 5.78 Å². The zero-order valence-corrected chi connectivity index (χ0v) is 11.3. The van der Waals surface area contributed by atoms with Crippen LogP contribution in [0.5, 0.6) is 11.5 Å². The summed E-state index contributed by atoms with van der Waals surface area (Å²) in [7, 11) is 0. The van der Waals surface area contributed by atoms with Gasteiger partial charge in [-0.25, -0.2) is 0 Å². The Balaban J connectivity index is 0.00000133. The first-order chi connectivity index (χ1) is 8.61. The van der Waals surface area contributed by atoms with Gasteiger partial charge >= 0.3 is 0 Å². The van der Waals surface area contributed by atoms with Gasteiger partial charge in [0.05, 0.1) is 11.1 Å². The number of hydrogen-bond acceptors (Lipinski definition) is 4. The van der Waals surface area contributed by atoms with Gasteiger partial charge in [0.15, 0.2) is 5.78 Å². The number of aromatic hydroxyl groups is 2. The van der Waals surface area contributed by atoms with Crippen molar-refractivity contribution in [2.24, 2.45) is 0 Å². The van der Waals surface area contributed by atoms with Crippen molar-refractivity contribution in [2.75, 3.05) is 0 Å². The van der Waals surface area contributed by atoms with Crippen molar-refractivity contribution in [3.63, 3.8) is 0 Å². The van der Waals surface area contributed by atoms with E-state index in [1.54, 1.807) is 0 Å². The van der Waals surface area contributed by atoms with Crippen molar-refractivity contribution in [3.8, 4) is 11.5 Å². The highest BCUT2D eigenvalue weighted by atomic mass is 24.3. The molecule has 1 aliphatic rings. The fraction of sp³-hybridized carbons (Fsp3) is 0. The maximum Gasteiger partial charge on any atom is 0.201 e. The molecule has 0 aromatic heterocycles. The second-order valence-electron chi connectivity index (χ2n) is 4.06. The molecule has 0 unspecified atom stereocenters. The van der Waals surface area contributed by atoms with E-state index in [1.165, 1.54) is 36.4 Å². The van der Waals surface area contributed by atoms with Crippen LogP contribution >= 0.6 is 0 Å². The topological polar surface area (TPSA) is 74.6 Å². The number of carbonyl (C=O) groups excluding carboxylic acids is 2. The van der Waals surface area contributed by atoms with Gasteiger partial charge in [0.1, 0.15) is 11.5 Å². The van der Waals surface area contributed by atoms with Gasteiger partial charge in [-0.1, -0.05) is 24.3 Å². The predicted octanol–water partition coefficient (Wildman–Crippen LogP) is 1.49. The summed E-state index contributed by atoms with van der Waals surface area (Å²) in [5, 5.41) is 19.4. The van der Waals surface area contributed by atoms with E-state index in [2.05, 4.69) is 0 Å². The molecule has 90 valence electrons. The molecule has 0 amide bonds. The number of fused-ring (bicyclic) bond motifs is 2. The number of carbonyl (C=O) groups is 2. The number of hydrogen-bond donors (Lipinski definition) is 2. The SMILES string of the molecule is O=C1c2cccc(O)c2C(=O)c2c(O)cccc21.[Mg]. The van der Waals surface area contributed by atoms with E-state index in [4.69, 9.17) is 0 Å². The van der Waals surface area contributed by atoms with E-state index in [1.807, 2.05) is 0 Å². The Hall–Kier alpha value is -1.85. The second kappa shape index (κ2) is 4.68. The van der Waals surface area contributed by atoms with Crippen LogP contribution in [0.25, 0.3) is 0 Å². The molecule has 0 bridgehead atoms. The number of ketones is 2. The van der Waals surface area contributed by atoms with E-state index >= 15 is 0 Å². The number of phenolic OH excluding ortho intramolecular Hbond substituents is 2. The minimum Gasteiger partial charge on any atom is -0.507 e. The lowest BCUT2D eigenvalue weighted by Gasteiger charge is -2.18. The van der Waals surface area contributed by atoms with Crippen molar-refractivity contribution in [1.82, 2.24) is 0 Å². The van der Waals surface area contributed by atoms with Gasteiger partial charge in [-0.3, -0.25) is 9.59 Å². The lowest BCUT2D eigenvalue weighted by molar-refractivity contribution is 0.0974. The third-order valence-corrected chi connectivity index (χ3v) is 3.03. The zero-order valence-electron chi connectivity index (χ0n) is 9.88. The Morgan fingerprint density at radius 3 is 1.53 bits per heavy atom. The molecule has 2 aromatic carbocycles. The monoisotopic (exact) mass is 264 g/mol. The van der Waals surface area contributed by atoms with E-state index in [9.17, 15) is 19.8 Å². The minimum atomic E-state index is -0.532. The van der Waals surface area contributed by atoms with Gasteiger partial charge in [-0.15, -0.1) is 0 Å². The standard InChI is InChI=1S/C14H8O4.Mg/c15-9-5-1-3-7-11(9)14(18)12-8(13(7)17)4-2-6-10(12)16;/h1-6,15-16H;. The molecule has 4 nitrogen and oxygen atoms in total. The van der Waals surface area contributed by atoms with Crippen LogP contribution in [0.15, 0.2) is 36.4 Å². The van der Waals surface area contributed by atoms with Gasteiger partial charge < -0.3 is 10.2 Å². The van der Waals surface area contributed by atoms with Crippen LogP contribution in [0.4, 0.5) is 0 Å². The van der Waals surface area contributed by atoms with Crippen molar-refractivity contribution in [3.05, 3.63) is 58.7 Å². The Kier molecular flexibility index (Phi) is 3.34. The Labute approximate surface area is 124 Å². The Morgan fingerprint density at radius 1 is 0.684 bits per heavy atom. The predicted molar refractivity (Wildman–Crippen MR) is 68.8 cm³/mol. The summed E-state index contributed by atoms with van der Waals surface area (Å²) in [6.07, 6.45) is 0. The average Bonchev–Trinajstić information content (AvgIpc) is 2.35. The largest absolute Gasteiger partial charge is 0.507 e. The summed E-state index contributed by atoms with van der Waals surface area (Å²) in [5.41, 5.74) is 0.240. The fourth-order valence-electron chi connectivity index (χ4n) is 2.21. The molecular formula is C14H8MgO4. The Bertz CT molecular complexity index is 649. The third-order valence-electron chi connectivity index (χ3n) is 3.03. The maximum atomic E-state index is 12.2. The molecule has 0 spiro atoms. The smallest absolute Gasteiger partial charge is 0.201 e. The van der Waals surface area contributed by atoms with E-state index in [-0.39, 0.29) is 62.6 Å². The quantitative estimate of drug-likeness (QED) is 0.603. The summed E-state index contributed by atoms with van der Waals surface area (Å²) < 4.78 is 0. The summed E-state index contributed by atoms with van der Waals surface area (Å²) in [6.45, 7) is 0. The van der Waals surface area contributed by atoms with Crippen molar-refractivity contribution in [2.45, 2.75) is 0 Å². The first-order valence-corrected chi connectivity index (χ1v) is 5.34. The summed E-state index contributed by atoms with van der Waals surface area (Å²) in [5.74, 6) is -1.40. The van der Waals surface area contributed by atoms with Crippen molar-refractivity contribution >= 4 is 34.6 Å². The summed E-state index contributed by atoms with van der Waals surface area (Å²) in [6, 6.07) is 8.68. The molecule has 0 atom stereocenters. The first-order valence-electron chi connectivity index (χ1n) is 5.34. The van der Waals surface area contributed by atoms with Crippen LogP contribution in [0.2, 0.25) is 0 Å². The Morgan fingerprint density at radius 2 is 1.11 bits per heavy atom. The van der Waals surface area contributed by atoms with Gasteiger partial charge in [0.25, 0.3) is 0 Å². The zero-order chi connectivity index (χ0) is 12.9. The van der Waals surface area contributed by atoms with Gasteiger partial charge in [-0.05, 0) is 12.1 Å². The van der Waals surface area contributed by atoms with Crippen LogP contribution in [0.1, 0.15) is 31.8 Å². The molecule has 0 saturated heterocycles. The average molecular weight is 265 g/mol. The highest BCUT2D eigenvalue weighted by Gasteiger charge is 2.33. The molecule has 5 heteroatoms. The van der Waals surface area contributed by atoms with E-state index in [0.717, 1.165) is 0 Å². The molecule has 1 aliphatic carbocycles. The highest BCUT2D eigenvalue weighted by Crippen LogP contribution is 2.35. The van der Waals surface area contributed by atoms with E-state index in [0.29, 0.717) is 0 Å². The van der Waals surface area contributed by atoms with Gasteiger partial charge in [0.2, 0.25) is 5.78 Å². The lowest BCUT2D eigenvalue weighted by atomic mass is 9.83. The molecule has 2 radical (unpaired) electrons. The van der Waals surface area contributed by atoms with Crippen LogP contribution in [-0.4, -0.2) is 44.8 Å². The summed E-state index contributed by atoms with van der Waals surface area (Å²) >= 11 is 0. The van der Waals surface area contributed by atoms with Crippen LogP contribution in [0.3, 0.4) is 0 Å². The van der Waals surface area contributed by atoms with Crippen LogP contribution < -0.4 is 0 Å². The molecule has 19 heavy (non-hydrogen) atoms. The van der Waals surface area contributed by atoms with Crippen LogP contribution in [-0.2, 0) is 0 Å². The third kappa shape index (κ3) is 1.82.